The second kappa shape index (κ2) is 8.77. The maximum absolute atomic E-state index is 13.2. The van der Waals surface area contributed by atoms with Crippen LogP contribution in [-0.2, 0) is 11.8 Å². The third kappa shape index (κ3) is 3.81. The molecule has 8 heteroatoms. The number of pyridine rings is 2. The fraction of sp³-hybridized carbons (Fsp3) is 0.444. The smallest absolute Gasteiger partial charge is 0.329 e. The monoisotopic (exact) mass is 472 g/mol. The van der Waals surface area contributed by atoms with Gasteiger partial charge in [0.2, 0.25) is 0 Å². The van der Waals surface area contributed by atoms with Gasteiger partial charge in [-0.05, 0) is 63.2 Å². The maximum atomic E-state index is 13.2. The number of anilines is 1. The number of aromatic nitrogens is 4. The molecule has 0 saturated carbocycles. The predicted molar refractivity (Wildman–Crippen MR) is 139 cm³/mol. The van der Waals surface area contributed by atoms with Crippen molar-refractivity contribution >= 4 is 27.8 Å². The van der Waals surface area contributed by atoms with E-state index in [9.17, 15) is 4.79 Å². The number of imidazole rings is 1. The SMILES string of the molecule is CN(C)[C@@H]1CCN(c2ccc(-c3ccc4ncc5c(c4c3)n([C@@H]3CCCOC3)c(=O)n5C)cn2)C1. The molecule has 0 N–H and O–H groups in total. The van der Waals surface area contributed by atoms with E-state index in [0.29, 0.717) is 12.6 Å². The molecule has 2 aliphatic heterocycles. The van der Waals surface area contributed by atoms with E-state index in [1.54, 1.807) is 4.57 Å². The average molecular weight is 473 g/mol. The quantitative estimate of drug-likeness (QED) is 0.453. The maximum Gasteiger partial charge on any atom is 0.329 e. The summed E-state index contributed by atoms with van der Waals surface area (Å²) in [6, 6.07) is 11.2. The van der Waals surface area contributed by atoms with Gasteiger partial charge in [0.25, 0.3) is 0 Å². The van der Waals surface area contributed by atoms with Crippen LogP contribution in [0.2, 0.25) is 0 Å². The molecule has 0 radical (unpaired) electrons. The summed E-state index contributed by atoms with van der Waals surface area (Å²) in [6.07, 6.45) is 6.84. The van der Waals surface area contributed by atoms with Crippen LogP contribution in [0, 0.1) is 0 Å². The summed E-state index contributed by atoms with van der Waals surface area (Å²) in [7, 11) is 6.11. The van der Waals surface area contributed by atoms with E-state index in [4.69, 9.17) is 9.72 Å². The van der Waals surface area contributed by atoms with Gasteiger partial charge in [-0.1, -0.05) is 6.07 Å². The number of aryl methyl sites for hydroxylation is 1. The van der Waals surface area contributed by atoms with E-state index >= 15 is 0 Å². The second-order valence-electron chi connectivity index (χ2n) is 10.1. The van der Waals surface area contributed by atoms with E-state index in [2.05, 4.69) is 53.1 Å². The fourth-order valence-electron chi connectivity index (χ4n) is 5.59. The lowest BCUT2D eigenvalue weighted by Crippen LogP contribution is -2.31. The number of hydrogen-bond donors (Lipinski definition) is 0. The van der Waals surface area contributed by atoms with Gasteiger partial charge in [0.05, 0.1) is 35.4 Å². The molecule has 6 rings (SSSR count). The Kier molecular flexibility index (Phi) is 5.57. The van der Waals surface area contributed by atoms with Gasteiger partial charge < -0.3 is 14.5 Å². The third-order valence-electron chi connectivity index (χ3n) is 7.72. The molecule has 0 amide bonds. The minimum atomic E-state index is -0.0112. The molecule has 8 nitrogen and oxygen atoms in total. The van der Waals surface area contributed by atoms with E-state index in [-0.39, 0.29) is 11.7 Å². The molecule has 0 aliphatic carbocycles. The van der Waals surface area contributed by atoms with E-state index in [1.165, 1.54) is 0 Å². The van der Waals surface area contributed by atoms with Crippen molar-refractivity contribution in [3.05, 3.63) is 53.2 Å². The molecule has 4 aromatic rings. The minimum Gasteiger partial charge on any atom is -0.379 e. The molecule has 5 heterocycles. The van der Waals surface area contributed by atoms with E-state index in [0.717, 1.165) is 77.8 Å². The van der Waals surface area contributed by atoms with Crippen LogP contribution in [-0.4, -0.2) is 70.4 Å². The summed E-state index contributed by atoms with van der Waals surface area (Å²) < 4.78 is 9.36. The van der Waals surface area contributed by atoms with Gasteiger partial charge in [-0.25, -0.2) is 9.78 Å². The van der Waals surface area contributed by atoms with Gasteiger partial charge in [0.1, 0.15) is 5.82 Å². The zero-order valence-corrected chi connectivity index (χ0v) is 20.6. The molecule has 182 valence electrons. The molecule has 2 aliphatic rings. The van der Waals surface area contributed by atoms with Crippen molar-refractivity contribution in [1.29, 1.82) is 0 Å². The molecule has 35 heavy (non-hydrogen) atoms. The van der Waals surface area contributed by atoms with Crippen molar-refractivity contribution in [2.75, 3.05) is 45.3 Å². The minimum absolute atomic E-state index is 0.0112. The standard InChI is InChI=1S/C27H32N6O2/c1-30(2)20-10-11-32(16-20)25-9-7-19(14-29-25)18-6-8-23-22(13-18)26-24(15-28-23)31(3)27(34)33(26)21-5-4-12-35-17-21/h6-9,13-15,20-21H,4-5,10-12,16-17H2,1-3H3/t20-,21-/m1/s1. The Morgan fingerprint density at radius 3 is 2.63 bits per heavy atom. The third-order valence-corrected chi connectivity index (χ3v) is 7.72. The van der Waals surface area contributed by atoms with Crippen molar-refractivity contribution in [2.45, 2.75) is 31.3 Å². The highest BCUT2D eigenvalue weighted by Crippen LogP contribution is 2.32. The zero-order chi connectivity index (χ0) is 24.1. The largest absolute Gasteiger partial charge is 0.379 e. The van der Waals surface area contributed by atoms with Crippen LogP contribution < -0.4 is 10.6 Å². The molecular formula is C27H32N6O2. The van der Waals surface area contributed by atoms with Gasteiger partial charge in [-0.3, -0.25) is 14.1 Å². The fourth-order valence-corrected chi connectivity index (χ4v) is 5.59. The Hall–Kier alpha value is -3.23. The Balaban J connectivity index is 1.40. The van der Waals surface area contributed by atoms with Crippen LogP contribution in [0.25, 0.3) is 33.1 Å². The van der Waals surface area contributed by atoms with E-state index in [1.807, 2.05) is 30.1 Å². The van der Waals surface area contributed by atoms with Crippen LogP contribution in [0.4, 0.5) is 5.82 Å². The van der Waals surface area contributed by atoms with Gasteiger partial charge in [-0.2, -0.15) is 0 Å². The Bertz CT molecular complexity index is 1430. The van der Waals surface area contributed by atoms with Crippen LogP contribution in [0.15, 0.2) is 47.5 Å². The first-order valence-corrected chi connectivity index (χ1v) is 12.5. The van der Waals surface area contributed by atoms with Crippen LogP contribution in [0.1, 0.15) is 25.3 Å². The van der Waals surface area contributed by atoms with Gasteiger partial charge in [-0.15, -0.1) is 0 Å². The molecule has 0 bridgehead atoms. The second-order valence-corrected chi connectivity index (χ2v) is 10.1. The number of rotatable bonds is 4. The topological polar surface area (TPSA) is 68.4 Å². The molecule has 1 aromatic carbocycles. The van der Waals surface area contributed by atoms with Gasteiger partial charge in [0.15, 0.2) is 0 Å². The molecule has 0 unspecified atom stereocenters. The molecule has 0 spiro atoms. The number of likely N-dealkylation sites (N-methyl/N-ethyl adjacent to an activating group) is 1. The number of hydrogen-bond acceptors (Lipinski definition) is 6. The summed E-state index contributed by atoms with van der Waals surface area (Å²) >= 11 is 0. The zero-order valence-electron chi connectivity index (χ0n) is 20.6. The highest BCUT2D eigenvalue weighted by molar-refractivity contribution is 6.04. The Labute approximate surface area is 204 Å². The lowest BCUT2D eigenvalue weighted by molar-refractivity contribution is 0.0593. The molecule has 2 atom stereocenters. The van der Waals surface area contributed by atoms with Crippen molar-refractivity contribution < 1.29 is 4.74 Å². The van der Waals surface area contributed by atoms with Crippen molar-refractivity contribution in [3.8, 4) is 11.1 Å². The van der Waals surface area contributed by atoms with Gasteiger partial charge >= 0.3 is 5.69 Å². The Morgan fingerprint density at radius 2 is 1.91 bits per heavy atom. The first-order chi connectivity index (χ1) is 17.0. The lowest BCUT2D eigenvalue weighted by Gasteiger charge is -2.23. The molecular weight excluding hydrogens is 440 g/mol. The summed E-state index contributed by atoms with van der Waals surface area (Å²) in [5, 5.41) is 0.987. The first-order valence-electron chi connectivity index (χ1n) is 12.5. The van der Waals surface area contributed by atoms with Crippen molar-refractivity contribution in [3.63, 3.8) is 0 Å². The predicted octanol–water partition coefficient (Wildman–Crippen LogP) is 3.44. The summed E-state index contributed by atoms with van der Waals surface area (Å²) in [5.41, 5.74) is 4.79. The molecule has 2 saturated heterocycles. The lowest BCUT2D eigenvalue weighted by atomic mass is 10.0. The number of nitrogens with zero attached hydrogens (tertiary/aromatic N) is 6. The number of benzene rings is 1. The molecule has 2 fully saturated rings. The van der Waals surface area contributed by atoms with Crippen LogP contribution in [0.3, 0.4) is 0 Å². The summed E-state index contributed by atoms with van der Waals surface area (Å²) in [4.78, 5) is 27.4. The van der Waals surface area contributed by atoms with E-state index < -0.39 is 0 Å². The van der Waals surface area contributed by atoms with Crippen LogP contribution >= 0.6 is 0 Å². The number of ether oxygens (including phenoxy) is 1. The molecule has 3 aromatic heterocycles. The summed E-state index contributed by atoms with van der Waals surface area (Å²) in [6.45, 7) is 3.37. The average Bonchev–Trinajstić information content (AvgIpc) is 3.48. The first kappa shape index (κ1) is 22.2. The number of fused-ring (bicyclic) bond motifs is 3. The highest BCUT2D eigenvalue weighted by Gasteiger charge is 2.25. The highest BCUT2D eigenvalue weighted by atomic mass is 16.5. The normalized spacial score (nSPS) is 21.0. The summed E-state index contributed by atoms with van der Waals surface area (Å²) in [5.74, 6) is 1.03. The van der Waals surface area contributed by atoms with Gasteiger partial charge in [0, 0.05) is 49.9 Å². The van der Waals surface area contributed by atoms with Crippen molar-refractivity contribution in [2.24, 2.45) is 7.05 Å². The van der Waals surface area contributed by atoms with Crippen molar-refractivity contribution in [1.82, 2.24) is 24.0 Å². The van der Waals surface area contributed by atoms with Crippen LogP contribution in [0.5, 0.6) is 0 Å². The Morgan fingerprint density at radius 1 is 1.06 bits per heavy atom.